The van der Waals surface area contributed by atoms with Gasteiger partial charge in [0.2, 0.25) is 5.91 Å². The first-order chi connectivity index (χ1) is 9.47. The number of rotatable bonds is 8. The summed E-state index contributed by atoms with van der Waals surface area (Å²) in [5.41, 5.74) is -0.306. The molecule has 0 spiro atoms. The number of hydrogen-bond acceptors (Lipinski definition) is 3. The van der Waals surface area contributed by atoms with Gasteiger partial charge in [0, 0.05) is 6.61 Å². The van der Waals surface area contributed by atoms with Crippen molar-refractivity contribution in [1.82, 2.24) is 5.32 Å². The number of carbonyl (C=O) groups excluding carboxylic acids is 1. The monoisotopic (exact) mass is 279 g/mol. The second kappa shape index (κ2) is 8.02. The minimum atomic E-state index is -1.08. The van der Waals surface area contributed by atoms with Crippen LogP contribution in [0.3, 0.4) is 0 Å². The van der Waals surface area contributed by atoms with Gasteiger partial charge < -0.3 is 15.2 Å². The van der Waals surface area contributed by atoms with Crippen LogP contribution >= 0.6 is 0 Å². The van der Waals surface area contributed by atoms with E-state index in [0.717, 1.165) is 18.4 Å². The molecule has 4 heteroatoms. The third-order valence-corrected chi connectivity index (χ3v) is 3.24. The van der Waals surface area contributed by atoms with Crippen molar-refractivity contribution in [3.8, 4) is 0 Å². The molecule has 1 aromatic rings. The van der Waals surface area contributed by atoms with Crippen LogP contribution in [0.25, 0.3) is 0 Å². The van der Waals surface area contributed by atoms with Crippen molar-refractivity contribution in [1.29, 1.82) is 0 Å². The van der Waals surface area contributed by atoms with Crippen LogP contribution in [-0.2, 0) is 15.1 Å². The molecule has 1 rings (SSSR count). The van der Waals surface area contributed by atoms with Gasteiger partial charge in [-0.3, -0.25) is 4.79 Å². The normalized spacial score (nSPS) is 15.4. The zero-order chi connectivity index (χ0) is 15.0. The van der Waals surface area contributed by atoms with Crippen LogP contribution in [0.1, 0.15) is 39.2 Å². The van der Waals surface area contributed by atoms with Gasteiger partial charge in [-0.05, 0) is 25.8 Å². The number of ether oxygens (including phenoxy) is 1. The summed E-state index contributed by atoms with van der Waals surface area (Å²) >= 11 is 0. The molecule has 4 nitrogen and oxygen atoms in total. The topological polar surface area (TPSA) is 58.6 Å². The van der Waals surface area contributed by atoms with Crippen LogP contribution in [0.5, 0.6) is 0 Å². The van der Waals surface area contributed by atoms with Crippen molar-refractivity contribution in [2.24, 2.45) is 0 Å². The lowest BCUT2D eigenvalue weighted by Crippen LogP contribution is -2.43. The highest BCUT2D eigenvalue weighted by molar-refractivity contribution is 5.80. The molecule has 2 atom stereocenters. The van der Waals surface area contributed by atoms with Crippen molar-refractivity contribution in [3.63, 3.8) is 0 Å². The first-order valence-corrected chi connectivity index (χ1v) is 7.14. The molecule has 1 amide bonds. The zero-order valence-electron chi connectivity index (χ0n) is 12.6. The van der Waals surface area contributed by atoms with Crippen LogP contribution < -0.4 is 5.32 Å². The van der Waals surface area contributed by atoms with Crippen molar-refractivity contribution in [2.75, 3.05) is 13.2 Å². The molecule has 0 bridgehead atoms. The summed E-state index contributed by atoms with van der Waals surface area (Å²) in [7, 11) is 0. The molecule has 0 heterocycles. The summed E-state index contributed by atoms with van der Waals surface area (Å²) in [6.45, 7) is 6.23. The maximum absolute atomic E-state index is 11.9. The highest BCUT2D eigenvalue weighted by atomic mass is 16.5. The largest absolute Gasteiger partial charge is 0.384 e. The number of unbranched alkanes of at least 4 members (excludes halogenated alkanes) is 1. The Labute approximate surface area is 121 Å². The fourth-order valence-electron chi connectivity index (χ4n) is 1.78. The van der Waals surface area contributed by atoms with Gasteiger partial charge in [-0.25, -0.2) is 0 Å². The zero-order valence-corrected chi connectivity index (χ0v) is 12.6. The molecule has 0 fully saturated rings. The molecular formula is C16H25NO3. The van der Waals surface area contributed by atoms with Crippen molar-refractivity contribution in [3.05, 3.63) is 35.9 Å². The third kappa shape index (κ3) is 5.31. The predicted octanol–water partition coefficient (Wildman–Crippen LogP) is 2.22. The highest BCUT2D eigenvalue weighted by Crippen LogP contribution is 2.18. The first kappa shape index (κ1) is 16.7. The van der Waals surface area contributed by atoms with Gasteiger partial charge in [0.25, 0.3) is 0 Å². The summed E-state index contributed by atoms with van der Waals surface area (Å²) in [5, 5.41) is 13.1. The SMILES string of the molecule is CCCCOC(C)C(=O)NCC(C)(O)c1ccccc1. The number of benzene rings is 1. The Hall–Kier alpha value is -1.39. The Morgan fingerprint density at radius 1 is 1.40 bits per heavy atom. The second-order valence-electron chi connectivity index (χ2n) is 5.22. The van der Waals surface area contributed by atoms with Gasteiger partial charge in [-0.2, -0.15) is 0 Å². The van der Waals surface area contributed by atoms with Crippen molar-refractivity contribution in [2.45, 2.75) is 45.3 Å². The van der Waals surface area contributed by atoms with E-state index in [1.54, 1.807) is 13.8 Å². The molecule has 2 N–H and O–H groups in total. The van der Waals surface area contributed by atoms with Gasteiger partial charge >= 0.3 is 0 Å². The van der Waals surface area contributed by atoms with Crippen LogP contribution in [0.2, 0.25) is 0 Å². The van der Waals surface area contributed by atoms with E-state index < -0.39 is 11.7 Å². The van der Waals surface area contributed by atoms with E-state index in [0.29, 0.717) is 6.61 Å². The third-order valence-electron chi connectivity index (χ3n) is 3.24. The number of carbonyl (C=O) groups is 1. The first-order valence-electron chi connectivity index (χ1n) is 7.14. The maximum atomic E-state index is 11.9. The number of amides is 1. The van der Waals surface area contributed by atoms with Crippen LogP contribution in [0.4, 0.5) is 0 Å². The minimum absolute atomic E-state index is 0.164. The Kier molecular flexibility index (Phi) is 6.68. The minimum Gasteiger partial charge on any atom is -0.384 e. The molecule has 0 saturated heterocycles. The fraction of sp³-hybridized carbons (Fsp3) is 0.562. The Morgan fingerprint density at radius 2 is 2.05 bits per heavy atom. The van der Waals surface area contributed by atoms with E-state index in [1.807, 2.05) is 30.3 Å². The van der Waals surface area contributed by atoms with Crippen LogP contribution in [0.15, 0.2) is 30.3 Å². The molecule has 0 aromatic heterocycles. The molecule has 2 unspecified atom stereocenters. The van der Waals surface area contributed by atoms with Crippen molar-refractivity contribution < 1.29 is 14.6 Å². The lowest BCUT2D eigenvalue weighted by atomic mass is 9.96. The molecule has 1 aromatic carbocycles. The van der Waals surface area contributed by atoms with Crippen molar-refractivity contribution >= 4 is 5.91 Å². The van der Waals surface area contributed by atoms with E-state index in [9.17, 15) is 9.90 Å². The molecule has 112 valence electrons. The quantitative estimate of drug-likeness (QED) is 0.717. The molecule has 0 aliphatic rings. The van der Waals surface area contributed by atoms with Gasteiger partial charge in [-0.15, -0.1) is 0 Å². The summed E-state index contributed by atoms with van der Waals surface area (Å²) in [5.74, 6) is -0.197. The van der Waals surface area contributed by atoms with Crippen LogP contribution in [0, 0.1) is 0 Å². The van der Waals surface area contributed by atoms with Gasteiger partial charge in [-0.1, -0.05) is 43.7 Å². The van der Waals surface area contributed by atoms with Gasteiger partial charge in [0.05, 0.1) is 6.54 Å². The molecular weight excluding hydrogens is 254 g/mol. The molecule has 0 aliphatic heterocycles. The fourth-order valence-corrected chi connectivity index (χ4v) is 1.78. The van der Waals surface area contributed by atoms with E-state index in [4.69, 9.17) is 4.74 Å². The smallest absolute Gasteiger partial charge is 0.248 e. The molecule has 0 saturated carbocycles. The number of aliphatic hydroxyl groups is 1. The second-order valence-corrected chi connectivity index (χ2v) is 5.22. The Morgan fingerprint density at radius 3 is 2.65 bits per heavy atom. The standard InChI is InChI=1S/C16H25NO3/c1-4-5-11-20-13(2)15(18)17-12-16(3,19)14-9-7-6-8-10-14/h6-10,13,19H,4-5,11-12H2,1-3H3,(H,17,18). The highest BCUT2D eigenvalue weighted by Gasteiger charge is 2.24. The molecule has 0 aliphatic carbocycles. The predicted molar refractivity (Wildman–Crippen MR) is 79.3 cm³/mol. The molecule has 0 radical (unpaired) electrons. The Balaban J connectivity index is 2.43. The summed E-state index contributed by atoms with van der Waals surface area (Å²) in [4.78, 5) is 11.9. The number of hydrogen-bond donors (Lipinski definition) is 2. The lowest BCUT2D eigenvalue weighted by molar-refractivity contribution is -0.133. The summed E-state index contributed by atoms with van der Waals surface area (Å²) in [6, 6.07) is 9.30. The molecule has 20 heavy (non-hydrogen) atoms. The van der Waals surface area contributed by atoms with Crippen LogP contribution in [-0.4, -0.2) is 30.3 Å². The van der Waals surface area contributed by atoms with E-state index >= 15 is 0 Å². The van der Waals surface area contributed by atoms with E-state index in [-0.39, 0.29) is 12.5 Å². The van der Waals surface area contributed by atoms with Gasteiger partial charge in [0.1, 0.15) is 11.7 Å². The maximum Gasteiger partial charge on any atom is 0.248 e. The Bertz CT molecular complexity index is 403. The van der Waals surface area contributed by atoms with E-state index in [2.05, 4.69) is 12.2 Å². The number of nitrogens with one attached hydrogen (secondary N) is 1. The summed E-state index contributed by atoms with van der Waals surface area (Å²) < 4.78 is 5.42. The average molecular weight is 279 g/mol. The van der Waals surface area contributed by atoms with E-state index in [1.165, 1.54) is 0 Å². The van der Waals surface area contributed by atoms with Gasteiger partial charge in [0.15, 0.2) is 0 Å². The summed E-state index contributed by atoms with van der Waals surface area (Å²) in [6.07, 6.45) is 1.49. The lowest BCUT2D eigenvalue weighted by Gasteiger charge is -2.25. The average Bonchev–Trinajstić information content (AvgIpc) is 2.46.